The molecule has 0 atom stereocenters. The first kappa shape index (κ1) is 21.8. The summed E-state index contributed by atoms with van der Waals surface area (Å²) in [6, 6.07) is 6.52. The molecule has 8 heteroatoms. The van der Waals surface area contributed by atoms with Gasteiger partial charge >= 0.3 is 0 Å². The number of hydrogen-bond donors (Lipinski definition) is 0. The van der Waals surface area contributed by atoms with Crippen LogP contribution in [0.1, 0.15) is 48.4 Å². The second-order valence-electron chi connectivity index (χ2n) is 9.07. The van der Waals surface area contributed by atoms with E-state index in [9.17, 15) is 19.2 Å². The molecule has 0 N–H and O–H groups in total. The molecule has 0 radical (unpaired) electrons. The van der Waals surface area contributed by atoms with Crippen LogP contribution in [0.4, 0.5) is 0 Å². The Bertz CT molecular complexity index is 839. The predicted octanol–water partition coefficient (Wildman–Crippen LogP) is 1.07. The lowest BCUT2D eigenvalue weighted by molar-refractivity contribution is -0.145. The van der Waals surface area contributed by atoms with Crippen molar-refractivity contribution in [1.29, 1.82) is 0 Å². The van der Waals surface area contributed by atoms with Crippen LogP contribution in [0, 0.1) is 0 Å². The topological polar surface area (TPSA) is 81.2 Å². The molecule has 162 valence electrons. The van der Waals surface area contributed by atoms with E-state index in [0.29, 0.717) is 37.3 Å². The fourth-order valence-corrected chi connectivity index (χ4v) is 4.23. The fourth-order valence-electron chi connectivity index (χ4n) is 4.23. The van der Waals surface area contributed by atoms with E-state index in [-0.39, 0.29) is 23.6 Å². The molecule has 2 aliphatic heterocycles. The minimum absolute atomic E-state index is 0.118. The number of rotatable bonds is 2. The molecule has 0 aliphatic carbocycles. The average Bonchev–Trinajstić information content (AvgIpc) is 2.70. The van der Waals surface area contributed by atoms with Crippen LogP contribution in [0.5, 0.6) is 0 Å². The van der Waals surface area contributed by atoms with Crippen LogP contribution in [0.3, 0.4) is 0 Å². The molecule has 2 heterocycles. The van der Waals surface area contributed by atoms with Crippen molar-refractivity contribution >= 4 is 23.6 Å². The molecular weight excluding hydrogens is 384 g/mol. The van der Waals surface area contributed by atoms with Gasteiger partial charge in [-0.1, -0.05) is 6.07 Å². The third-order valence-electron chi connectivity index (χ3n) is 6.25. The number of likely N-dealkylation sites (N-methyl/N-ethyl adjacent to an activating group) is 2. The summed E-state index contributed by atoms with van der Waals surface area (Å²) in [5.41, 5.74) is -1.22. The Balaban J connectivity index is 1.88. The van der Waals surface area contributed by atoms with Gasteiger partial charge in [0.2, 0.25) is 11.8 Å². The number of hydrogen-bond acceptors (Lipinski definition) is 4. The third kappa shape index (κ3) is 3.44. The zero-order valence-corrected chi connectivity index (χ0v) is 18.6. The Morgan fingerprint density at radius 2 is 1.10 bits per heavy atom. The Morgan fingerprint density at radius 1 is 0.733 bits per heavy atom. The second kappa shape index (κ2) is 7.41. The van der Waals surface area contributed by atoms with Crippen molar-refractivity contribution in [2.24, 2.45) is 0 Å². The van der Waals surface area contributed by atoms with Gasteiger partial charge in [-0.05, 0) is 45.9 Å². The fraction of sp³-hybridized carbons (Fsp3) is 0.545. The smallest absolute Gasteiger partial charge is 0.254 e. The zero-order chi connectivity index (χ0) is 22.4. The average molecular weight is 415 g/mol. The highest BCUT2D eigenvalue weighted by Gasteiger charge is 2.44. The normalized spacial score (nSPS) is 21.1. The predicted molar refractivity (Wildman–Crippen MR) is 112 cm³/mol. The zero-order valence-electron chi connectivity index (χ0n) is 18.6. The van der Waals surface area contributed by atoms with E-state index in [1.54, 1.807) is 85.7 Å². The maximum absolute atomic E-state index is 13.2. The first-order valence-corrected chi connectivity index (χ1v) is 10.1. The largest absolute Gasteiger partial charge is 0.342 e. The Labute approximate surface area is 177 Å². The van der Waals surface area contributed by atoms with E-state index in [4.69, 9.17) is 0 Å². The minimum atomic E-state index is -0.962. The van der Waals surface area contributed by atoms with E-state index >= 15 is 0 Å². The molecule has 8 nitrogen and oxygen atoms in total. The van der Waals surface area contributed by atoms with E-state index in [2.05, 4.69) is 0 Å². The molecule has 0 saturated carbocycles. The van der Waals surface area contributed by atoms with Crippen molar-refractivity contribution in [2.45, 2.75) is 38.8 Å². The van der Waals surface area contributed by atoms with Crippen LogP contribution >= 0.6 is 0 Å². The van der Waals surface area contributed by atoms with E-state index in [1.165, 1.54) is 0 Å². The van der Waals surface area contributed by atoms with E-state index in [1.807, 2.05) is 0 Å². The summed E-state index contributed by atoms with van der Waals surface area (Å²) in [5, 5.41) is 0. The van der Waals surface area contributed by atoms with Gasteiger partial charge in [-0.3, -0.25) is 19.2 Å². The highest BCUT2D eigenvalue weighted by Crippen LogP contribution is 2.26. The molecule has 1 aromatic rings. The van der Waals surface area contributed by atoms with Crippen molar-refractivity contribution in [3.05, 3.63) is 35.4 Å². The van der Waals surface area contributed by atoms with Crippen LogP contribution < -0.4 is 0 Å². The van der Waals surface area contributed by atoms with Crippen LogP contribution in [0.15, 0.2) is 24.3 Å². The molecule has 1 aromatic carbocycles. The molecule has 0 bridgehead atoms. The standard InChI is InChI=1S/C22H30N4O4/c1-21(2)19(29)23(5)10-12-25(21)17(27)15-8-7-9-16(14-15)18(28)26-13-11-24(6)20(30)22(26,3)4/h7-9,14H,10-13H2,1-6H3. The summed E-state index contributed by atoms with van der Waals surface area (Å²) in [5.74, 6) is -0.811. The molecule has 0 spiro atoms. The number of benzene rings is 1. The second-order valence-corrected chi connectivity index (χ2v) is 9.07. The first-order chi connectivity index (χ1) is 13.9. The number of piperazine rings is 2. The van der Waals surface area contributed by atoms with Gasteiger partial charge in [0.25, 0.3) is 11.8 Å². The molecule has 30 heavy (non-hydrogen) atoms. The van der Waals surface area contributed by atoms with Gasteiger partial charge in [0, 0.05) is 51.4 Å². The SMILES string of the molecule is CN1CCN(C(=O)c2cccc(C(=O)N3CCN(C)C(=O)C3(C)C)c2)C(C)(C)C1=O. The van der Waals surface area contributed by atoms with Crippen molar-refractivity contribution in [1.82, 2.24) is 19.6 Å². The molecule has 0 unspecified atom stereocenters. The Morgan fingerprint density at radius 3 is 1.47 bits per heavy atom. The molecule has 4 amide bonds. The maximum atomic E-state index is 13.2. The summed E-state index contributed by atoms with van der Waals surface area (Å²) >= 11 is 0. The van der Waals surface area contributed by atoms with Crippen molar-refractivity contribution in [3.8, 4) is 0 Å². The number of nitrogens with zero attached hydrogens (tertiary/aromatic N) is 4. The Hall–Kier alpha value is -2.90. The maximum Gasteiger partial charge on any atom is 0.254 e. The first-order valence-electron chi connectivity index (χ1n) is 10.1. The third-order valence-corrected chi connectivity index (χ3v) is 6.25. The van der Waals surface area contributed by atoms with Gasteiger partial charge in [-0.25, -0.2) is 0 Å². The Kier molecular flexibility index (Phi) is 5.39. The van der Waals surface area contributed by atoms with Crippen molar-refractivity contribution < 1.29 is 19.2 Å². The molecular formula is C22H30N4O4. The van der Waals surface area contributed by atoms with Gasteiger partial charge in [-0.2, -0.15) is 0 Å². The molecule has 3 rings (SSSR count). The van der Waals surface area contributed by atoms with Crippen LogP contribution in [0.25, 0.3) is 0 Å². The van der Waals surface area contributed by atoms with E-state index < -0.39 is 11.1 Å². The summed E-state index contributed by atoms with van der Waals surface area (Å²) in [6.45, 7) is 8.70. The lowest BCUT2D eigenvalue weighted by Gasteiger charge is -2.45. The highest BCUT2D eigenvalue weighted by atomic mass is 16.2. The number of carbonyl (C=O) groups excluding carboxylic acids is 4. The van der Waals surface area contributed by atoms with Crippen molar-refractivity contribution in [2.75, 3.05) is 40.3 Å². The minimum Gasteiger partial charge on any atom is -0.342 e. The number of carbonyl (C=O) groups is 4. The summed E-state index contributed by atoms with van der Waals surface area (Å²) in [7, 11) is 3.45. The van der Waals surface area contributed by atoms with Gasteiger partial charge < -0.3 is 19.6 Å². The lowest BCUT2D eigenvalue weighted by atomic mass is 9.95. The van der Waals surface area contributed by atoms with Gasteiger partial charge in [0.1, 0.15) is 11.1 Å². The quantitative estimate of drug-likeness (QED) is 0.725. The summed E-state index contributed by atoms with van der Waals surface area (Å²) in [4.78, 5) is 57.9. The monoisotopic (exact) mass is 414 g/mol. The van der Waals surface area contributed by atoms with Crippen LogP contribution in [0.2, 0.25) is 0 Å². The summed E-state index contributed by atoms with van der Waals surface area (Å²) < 4.78 is 0. The molecule has 2 aliphatic rings. The van der Waals surface area contributed by atoms with Crippen LogP contribution in [-0.4, -0.2) is 94.6 Å². The molecule has 0 aromatic heterocycles. The summed E-state index contributed by atoms with van der Waals surface area (Å²) in [6.07, 6.45) is 0. The van der Waals surface area contributed by atoms with E-state index in [0.717, 1.165) is 0 Å². The van der Waals surface area contributed by atoms with Gasteiger partial charge in [0.05, 0.1) is 0 Å². The molecule has 2 saturated heterocycles. The number of amides is 4. The van der Waals surface area contributed by atoms with Crippen molar-refractivity contribution in [3.63, 3.8) is 0 Å². The van der Waals surface area contributed by atoms with Gasteiger partial charge in [0.15, 0.2) is 0 Å². The van der Waals surface area contributed by atoms with Gasteiger partial charge in [-0.15, -0.1) is 0 Å². The highest BCUT2D eigenvalue weighted by molar-refractivity contribution is 6.03. The molecule has 2 fully saturated rings. The van der Waals surface area contributed by atoms with Crippen LogP contribution in [-0.2, 0) is 9.59 Å². The lowest BCUT2D eigenvalue weighted by Crippen LogP contribution is -2.63.